The van der Waals surface area contributed by atoms with E-state index in [9.17, 15) is 0 Å². The van der Waals surface area contributed by atoms with E-state index >= 15 is 4.21 Å². The Morgan fingerprint density at radius 1 is 0.711 bits per heavy atom. The predicted molar refractivity (Wildman–Crippen MR) is 166 cm³/mol. The summed E-state index contributed by atoms with van der Waals surface area (Å²) in [5.74, 6) is 0.683. The van der Waals surface area contributed by atoms with Gasteiger partial charge in [0.15, 0.2) is 0 Å². The quantitative estimate of drug-likeness (QED) is 0.228. The minimum atomic E-state index is -2.94. The average molecular weight is 541 g/mol. The van der Waals surface area contributed by atoms with E-state index in [0.717, 1.165) is 10.6 Å². The van der Waals surface area contributed by atoms with Crippen LogP contribution in [0.5, 0.6) is 0 Å². The SMILES string of the molecule is CC(C)[C@@H](C[S@](=O)(=N[Si](c1ccccc1)(c1ccccc1)C(C)(C)C)c1ccccc1)Nc1ccccc1. The monoisotopic (exact) mass is 540 g/mol. The first kappa shape index (κ1) is 27.9. The number of benzene rings is 4. The minimum Gasteiger partial charge on any atom is -0.381 e. The van der Waals surface area contributed by atoms with Crippen LogP contribution in [0, 0.1) is 5.92 Å². The normalized spacial score (nSPS) is 14.5. The zero-order valence-corrected chi connectivity index (χ0v) is 25.0. The van der Waals surface area contributed by atoms with E-state index in [0.29, 0.717) is 5.75 Å². The minimum absolute atomic E-state index is 0.0212. The van der Waals surface area contributed by atoms with Crippen LogP contribution >= 0.6 is 0 Å². The highest BCUT2D eigenvalue weighted by Gasteiger charge is 2.50. The zero-order valence-electron chi connectivity index (χ0n) is 23.2. The van der Waals surface area contributed by atoms with Gasteiger partial charge in [-0.2, -0.15) is 0 Å². The molecule has 0 amide bonds. The zero-order chi connectivity index (χ0) is 27.2. The molecule has 0 saturated carbocycles. The maximum atomic E-state index is 15.5. The molecule has 0 aliphatic heterocycles. The second kappa shape index (κ2) is 11.7. The molecule has 4 rings (SSSR count). The smallest absolute Gasteiger partial charge is 0.260 e. The lowest BCUT2D eigenvalue weighted by Crippen LogP contribution is -2.63. The highest BCUT2D eigenvalue weighted by atomic mass is 32.2. The molecule has 0 fully saturated rings. The second-order valence-electron chi connectivity index (χ2n) is 11.3. The van der Waals surface area contributed by atoms with Crippen LogP contribution in [-0.2, 0) is 9.73 Å². The van der Waals surface area contributed by atoms with Crippen LogP contribution in [0.4, 0.5) is 5.69 Å². The predicted octanol–water partition coefficient (Wildman–Crippen LogP) is 7.21. The Bertz CT molecular complexity index is 1370. The van der Waals surface area contributed by atoms with Gasteiger partial charge in [0.2, 0.25) is 0 Å². The molecule has 0 spiro atoms. The Labute approximate surface area is 230 Å². The molecule has 0 unspecified atom stereocenters. The van der Waals surface area contributed by atoms with E-state index in [1.165, 1.54) is 10.4 Å². The Kier molecular flexibility index (Phi) is 8.59. The molecule has 5 heteroatoms. The highest BCUT2D eigenvalue weighted by Crippen LogP contribution is 2.39. The molecule has 38 heavy (non-hydrogen) atoms. The number of hydrogen-bond acceptors (Lipinski definition) is 3. The molecule has 198 valence electrons. The molecular formula is C33H40N2OSSi. The van der Waals surface area contributed by atoms with E-state index in [2.05, 4.69) is 101 Å². The summed E-state index contributed by atoms with van der Waals surface area (Å²) in [6.07, 6.45) is 0. The van der Waals surface area contributed by atoms with E-state index < -0.39 is 18.0 Å². The number of hydrogen-bond donors (Lipinski definition) is 1. The van der Waals surface area contributed by atoms with Gasteiger partial charge in [-0.15, -0.1) is 0 Å². The third kappa shape index (κ3) is 5.95. The average Bonchev–Trinajstić information content (AvgIpc) is 2.93. The third-order valence-corrected chi connectivity index (χ3v) is 15.8. The summed E-state index contributed by atoms with van der Waals surface area (Å²) in [5.41, 5.74) is 1.03. The number of para-hydroxylation sites is 1. The second-order valence-corrected chi connectivity index (χ2v) is 18.2. The van der Waals surface area contributed by atoms with Gasteiger partial charge in [0.05, 0.1) is 15.5 Å². The Balaban J connectivity index is 2.01. The first-order valence-electron chi connectivity index (χ1n) is 13.4. The number of nitrogens with one attached hydrogen (secondary N) is 1. The van der Waals surface area contributed by atoms with E-state index in [1.807, 2.05) is 60.7 Å². The molecule has 4 aromatic rings. The maximum Gasteiger partial charge on any atom is 0.260 e. The van der Waals surface area contributed by atoms with E-state index in [1.54, 1.807) is 0 Å². The summed E-state index contributed by atoms with van der Waals surface area (Å²) in [6, 6.07) is 41.2. The largest absolute Gasteiger partial charge is 0.381 e. The highest BCUT2D eigenvalue weighted by molar-refractivity contribution is 7.94. The molecule has 0 saturated heterocycles. The van der Waals surface area contributed by atoms with E-state index in [-0.39, 0.29) is 17.0 Å². The topological polar surface area (TPSA) is 41.5 Å². The molecule has 1 N–H and O–H groups in total. The molecule has 0 bridgehead atoms. The molecule has 0 radical (unpaired) electrons. The van der Waals surface area contributed by atoms with Gasteiger partial charge < -0.3 is 5.32 Å². The summed E-state index contributed by atoms with van der Waals surface area (Å²) >= 11 is 0. The number of rotatable bonds is 9. The summed E-state index contributed by atoms with van der Waals surface area (Å²) < 4.78 is 21.2. The third-order valence-electron chi connectivity index (χ3n) is 7.20. The van der Waals surface area contributed by atoms with Crippen molar-refractivity contribution >= 4 is 34.0 Å². The fourth-order valence-corrected chi connectivity index (χ4v) is 14.6. The van der Waals surface area contributed by atoms with Gasteiger partial charge >= 0.3 is 0 Å². The Morgan fingerprint density at radius 3 is 1.55 bits per heavy atom. The van der Waals surface area contributed by atoms with Crippen LogP contribution in [0.15, 0.2) is 130 Å². The van der Waals surface area contributed by atoms with Gasteiger partial charge in [0.25, 0.3) is 8.24 Å². The van der Waals surface area contributed by atoms with Crippen LogP contribution in [0.3, 0.4) is 0 Å². The summed E-state index contributed by atoms with van der Waals surface area (Å²) in [4.78, 5) is 0.800. The first-order chi connectivity index (χ1) is 18.2. The standard InChI is InChI=1S/C33H40N2OSSi/c1-27(2)32(34-28-18-10-6-11-19-28)26-37(36,29-20-12-7-13-21-29)35-38(33(3,4)5,30-22-14-8-15-23-30)31-24-16-9-17-25-31/h6-25,27,32,34H,26H2,1-5H3/t32-,37-/m1/s1. The number of nitrogens with zero attached hydrogens (tertiary/aromatic N) is 1. The van der Waals surface area contributed by atoms with Gasteiger partial charge in [0.1, 0.15) is 0 Å². The van der Waals surface area contributed by atoms with Crippen LogP contribution < -0.4 is 15.7 Å². The van der Waals surface area contributed by atoms with Crippen molar-refractivity contribution in [3.8, 4) is 0 Å². The molecule has 0 aromatic heterocycles. The Hall–Kier alpha value is -3.15. The lowest BCUT2D eigenvalue weighted by molar-refractivity contribution is 0.558. The van der Waals surface area contributed by atoms with Crippen molar-refractivity contribution in [3.05, 3.63) is 121 Å². The summed E-state index contributed by atoms with van der Waals surface area (Å²) in [5, 5.41) is 5.82. The van der Waals surface area contributed by atoms with Crippen molar-refractivity contribution in [1.82, 2.24) is 0 Å². The molecule has 0 aliphatic rings. The lowest BCUT2D eigenvalue weighted by Gasteiger charge is -2.41. The van der Waals surface area contributed by atoms with Crippen molar-refractivity contribution < 1.29 is 4.21 Å². The summed E-state index contributed by atoms with van der Waals surface area (Å²) in [6.45, 7) is 11.2. The fourth-order valence-electron chi connectivity index (χ4n) is 5.07. The van der Waals surface area contributed by atoms with Gasteiger partial charge in [-0.25, -0.2) is 4.21 Å². The number of anilines is 1. The van der Waals surface area contributed by atoms with Crippen LogP contribution in [-0.4, -0.2) is 24.2 Å². The van der Waals surface area contributed by atoms with E-state index in [4.69, 9.17) is 4.03 Å². The van der Waals surface area contributed by atoms with Gasteiger partial charge in [-0.05, 0) is 45.6 Å². The Morgan fingerprint density at radius 2 is 1.13 bits per heavy atom. The molecule has 0 heterocycles. The lowest BCUT2D eigenvalue weighted by atomic mass is 10.1. The fraction of sp³-hybridized carbons (Fsp3) is 0.273. The van der Waals surface area contributed by atoms with Gasteiger partial charge in [0, 0.05) is 16.6 Å². The first-order valence-corrected chi connectivity index (χ1v) is 17.0. The van der Waals surface area contributed by atoms with Crippen molar-refractivity contribution in [2.75, 3.05) is 11.1 Å². The van der Waals surface area contributed by atoms with Crippen LogP contribution in [0.1, 0.15) is 34.6 Å². The molecular weight excluding hydrogens is 501 g/mol. The van der Waals surface area contributed by atoms with Crippen molar-refractivity contribution in [3.63, 3.8) is 0 Å². The maximum absolute atomic E-state index is 15.5. The van der Waals surface area contributed by atoms with Crippen LogP contribution in [0.25, 0.3) is 0 Å². The van der Waals surface area contributed by atoms with Crippen molar-refractivity contribution in [1.29, 1.82) is 0 Å². The van der Waals surface area contributed by atoms with Crippen molar-refractivity contribution in [2.24, 2.45) is 9.95 Å². The summed E-state index contributed by atoms with van der Waals surface area (Å²) in [7, 11) is -5.78. The molecule has 4 aromatic carbocycles. The molecule has 3 nitrogen and oxygen atoms in total. The van der Waals surface area contributed by atoms with Crippen molar-refractivity contribution in [2.45, 2.75) is 50.6 Å². The molecule has 0 aliphatic carbocycles. The van der Waals surface area contributed by atoms with Gasteiger partial charge in [-0.1, -0.05) is 132 Å². The van der Waals surface area contributed by atoms with Gasteiger partial charge in [-0.3, -0.25) is 4.03 Å². The molecule has 2 atom stereocenters. The van der Waals surface area contributed by atoms with Crippen LogP contribution in [0.2, 0.25) is 5.04 Å².